The molecule has 1 saturated heterocycles. The minimum Gasteiger partial charge on any atom is -0.480 e. The molecular formula is C22H32N4O7. The fourth-order valence-corrected chi connectivity index (χ4v) is 3.73. The average molecular weight is 465 g/mol. The summed E-state index contributed by atoms with van der Waals surface area (Å²) in [6.45, 7) is 2.76. The standard InChI is InChI=1S/C22H32N4O7/c1-12(27)17(24-19(29)15(23)11-14-7-4-3-5-8-14)21(31)26-10-6-9-16(26)20(30)25-18(13(2)28)22(32)33/h3-5,7-8,12-13,15-18,27-28H,6,9-11,23H2,1-2H3,(H,24,29)(H,25,30)(H,32,33). The lowest BCUT2D eigenvalue weighted by atomic mass is 10.0. The van der Waals surface area contributed by atoms with E-state index in [1.54, 1.807) is 0 Å². The van der Waals surface area contributed by atoms with Gasteiger partial charge in [-0.15, -0.1) is 0 Å². The molecule has 0 aromatic heterocycles. The fraction of sp³-hybridized carbons (Fsp3) is 0.545. The van der Waals surface area contributed by atoms with Crippen LogP contribution in [0.1, 0.15) is 32.3 Å². The Kier molecular flexibility index (Phi) is 9.32. The number of aliphatic hydroxyl groups excluding tert-OH is 2. The van der Waals surface area contributed by atoms with E-state index in [0.29, 0.717) is 6.42 Å². The van der Waals surface area contributed by atoms with E-state index < -0.39 is 60.1 Å². The number of rotatable bonds is 10. The molecule has 33 heavy (non-hydrogen) atoms. The molecule has 1 aliphatic rings. The van der Waals surface area contributed by atoms with Gasteiger partial charge in [0.1, 0.15) is 12.1 Å². The van der Waals surface area contributed by atoms with E-state index >= 15 is 0 Å². The predicted molar refractivity (Wildman–Crippen MR) is 118 cm³/mol. The molecule has 1 aliphatic heterocycles. The van der Waals surface area contributed by atoms with Gasteiger partial charge < -0.3 is 36.6 Å². The number of aliphatic carboxylic acids is 1. The molecule has 6 unspecified atom stereocenters. The maximum absolute atomic E-state index is 13.1. The van der Waals surface area contributed by atoms with Crippen molar-refractivity contribution in [1.82, 2.24) is 15.5 Å². The van der Waals surface area contributed by atoms with Crippen LogP contribution in [0.4, 0.5) is 0 Å². The number of hydrogen-bond donors (Lipinski definition) is 6. The number of aliphatic hydroxyl groups is 2. The lowest BCUT2D eigenvalue weighted by molar-refractivity contribution is -0.147. The second-order valence-corrected chi connectivity index (χ2v) is 8.28. The largest absolute Gasteiger partial charge is 0.480 e. The smallest absolute Gasteiger partial charge is 0.328 e. The number of likely N-dealkylation sites (tertiary alicyclic amines) is 1. The first kappa shape index (κ1) is 26.2. The molecule has 0 bridgehead atoms. The summed E-state index contributed by atoms with van der Waals surface area (Å²) in [6.07, 6.45) is -1.62. The molecule has 0 aliphatic carbocycles. The van der Waals surface area contributed by atoms with Gasteiger partial charge in [-0.3, -0.25) is 14.4 Å². The number of carboxylic acid groups (broad SMARTS) is 1. The first-order valence-electron chi connectivity index (χ1n) is 10.8. The minimum atomic E-state index is -1.53. The third-order valence-corrected chi connectivity index (χ3v) is 5.57. The van der Waals surface area contributed by atoms with Crippen molar-refractivity contribution in [2.24, 2.45) is 5.73 Å². The molecule has 3 amide bonds. The zero-order chi connectivity index (χ0) is 24.7. The third-order valence-electron chi connectivity index (χ3n) is 5.57. The van der Waals surface area contributed by atoms with Crippen LogP contribution >= 0.6 is 0 Å². The van der Waals surface area contributed by atoms with E-state index in [4.69, 9.17) is 5.73 Å². The van der Waals surface area contributed by atoms with Crippen molar-refractivity contribution in [3.8, 4) is 0 Å². The van der Waals surface area contributed by atoms with E-state index in [1.807, 2.05) is 30.3 Å². The zero-order valence-electron chi connectivity index (χ0n) is 18.7. The molecular weight excluding hydrogens is 432 g/mol. The SMILES string of the molecule is CC(O)C(NC(=O)C1CCCN1C(=O)C(NC(=O)C(N)Cc1ccccc1)C(C)O)C(=O)O. The van der Waals surface area contributed by atoms with E-state index in [-0.39, 0.29) is 19.4 Å². The summed E-state index contributed by atoms with van der Waals surface area (Å²) in [4.78, 5) is 50.9. The topological polar surface area (TPSA) is 182 Å². The van der Waals surface area contributed by atoms with Crippen molar-refractivity contribution in [3.05, 3.63) is 35.9 Å². The van der Waals surface area contributed by atoms with Gasteiger partial charge in [0.25, 0.3) is 0 Å². The molecule has 0 spiro atoms. The van der Waals surface area contributed by atoms with Crippen LogP contribution in [-0.2, 0) is 25.6 Å². The van der Waals surface area contributed by atoms with Crippen LogP contribution in [0.3, 0.4) is 0 Å². The summed E-state index contributed by atoms with van der Waals surface area (Å²) in [6, 6.07) is 4.28. The highest BCUT2D eigenvalue weighted by atomic mass is 16.4. The van der Waals surface area contributed by atoms with Crippen LogP contribution in [0.15, 0.2) is 30.3 Å². The molecule has 11 heteroatoms. The summed E-state index contributed by atoms with van der Waals surface area (Å²) in [5, 5.41) is 33.7. The number of hydrogen-bond acceptors (Lipinski definition) is 7. The number of carboxylic acids is 1. The molecule has 11 nitrogen and oxygen atoms in total. The Morgan fingerprint density at radius 3 is 2.21 bits per heavy atom. The molecule has 1 fully saturated rings. The first-order chi connectivity index (χ1) is 15.5. The lowest BCUT2D eigenvalue weighted by Crippen LogP contribution is -2.60. The van der Waals surface area contributed by atoms with Gasteiger partial charge in [0.2, 0.25) is 17.7 Å². The number of nitrogens with zero attached hydrogens (tertiary/aromatic N) is 1. The van der Waals surface area contributed by atoms with Crippen LogP contribution in [0, 0.1) is 0 Å². The molecule has 1 aromatic carbocycles. The monoisotopic (exact) mass is 464 g/mol. The van der Waals surface area contributed by atoms with Crippen LogP contribution in [-0.4, -0.2) is 86.8 Å². The van der Waals surface area contributed by atoms with Gasteiger partial charge in [-0.2, -0.15) is 0 Å². The van der Waals surface area contributed by atoms with Gasteiger partial charge in [-0.05, 0) is 38.7 Å². The molecule has 2 rings (SSSR count). The second kappa shape index (κ2) is 11.7. The highest BCUT2D eigenvalue weighted by Gasteiger charge is 2.41. The van der Waals surface area contributed by atoms with Gasteiger partial charge in [0.15, 0.2) is 6.04 Å². The first-order valence-corrected chi connectivity index (χ1v) is 10.8. The van der Waals surface area contributed by atoms with Crippen molar-refractivity contribution >= 4 is 23.7 Å². The van der Waals surface area contributed by atoms with E-state index in [1.165, 1.54) is 18.7 Å². The highest BCUT2D eigenvalue weighted by molar-refractivity contribution is 5.95. The van der Waals surface area contributed by atoms with Crippen LogP contribution in [0.5, 0.6) is 0 Å². The summed E-state index contributed by atoms with van der Waals surface area (Å²) in [7, 11) is 0. The van der Waals surface area contributed by atoms with Crippen LogP contribution in [0.25, 0.3) is 0 Å². The second-order valence-electron chi connectivity index (χ2n) is 8.28. The number of nitrogens with one attached hydrogen (secondary N) is 2. The van der Waals surface area contributed by atoms with E-state index in [2.05, 4.69) is 10.6 Å². The Morgan fingerprint density at radius 2 is 1.67 bits per heavy atom. The van der Waals surface area contributed by atoms with Gasteiger partial charge in [0, 0.05) is 6.54 Å². The summed E-state index contributed by atoms with van der Waals surface area (Å²) in [5.74, 6) is -3.44. The maximum Gasteiger partial charge on any atom is 0.328 e. The van der Waals surface area contributed by atoms with Crippen molar-refractivity contribution in [3.63, 3.8) is 0 Å². The van der Waals surface area contributed by atoms with E-state index in [0.717, 1.165) is 5.56 Å². The van der Waals surface area contributed by atoms with Crippen molar-refractivity contribution in [1.29, 1.82) is 0 Å². The summed E-state index contributed by atoms with van der Waals surface area (Å²) >= 11 is 0. The lowest BCUT2D eigenvalue weighted by Gasteiger charge is -2.31. The van der Waals surface area contributed by atoms with Crippen molar-refractivity contribution < 1.29 is 34.5 Å². The molecule has 0 saturated carbocycles. The highest BCUT2D eigenvalue weighted by Crippen LogP contribution is 2.20. The molecule has 0 radical (unpaired) electrons. The zero-order valence-corrected chi connectivity index (χ0v) is 18.7. The molecule has 6 atom stereocenters. The van der Waals surface area contributed by atoms with Gasteiger partial charge in [0.05, 0.1) is 18.2 Å². The number of benzene rings is 1. The Bertz CT molecular complexity index is 846. The maximum atomic E-state index is 13.1. The molecule has 182 valence electrons. The molecule has 1 heterocycles. The Labute approximate surface area is 191 Å². The summed E-state index contributed by atoms with van der Waals surface area (Å²) < 4.78 is 0. The number of carbonyl (C=O) groups excluding carboxylic acids is 3. The van der Waals surface area contributed by atoms with Gasteiger partial charge in [-0.1, -0.05) is 30.3 Å². The number of nitrogens with two attached hydrogens (primary N) is 1. The van der Waals surface area contributed by atoms with Crippen LogP contribution < -0.4 is 16.4 Å². The normalized spacial score (nSPS) is 20.3. The quantitative estimate of drug-likeness (QED) is 0.238. The number of carbonyl (C=O) groups is 4. The molecule has 1 aromatic rings. The van der Waals surface area contributed by atoms with Crippen molar-refractivity contribution in [2.45, 2.75) is 69.5 Å². The van der Waals surface area contributed by atoms with Gasteiger partial charge in [-0.25, -0.2) is 4.79 Å². The number of amides is 3. The third kappa shape index (κ3) is 6.98. The summed E-state index contributed by atoms with van der Waals surface area (Å²) in [5.41, 5.74) is 6.81. The molecule has 7 N–H and O–H groups in total. The fourth-order valence-electron chi connectivity index (χ4n) is 3.73. The Morgan fingerprint density at radius 1 is 1.06 bits per heavy atom. The van der Waals surface area contributed by atoms with Gasteiger partial charge >= 0.3 is 5.97 Å². The minimum absolute atomic E-state index is 0.193. The van der Waals surface area contributed by atoms with E-state index in [9.17, 15) is 34.5 Å². The Balaban J connectivity index is 2.08. The average Bonchev–Trinajstić information content (AvgIpc) is 3.25. The van der Waals surface area contributed by atoms with Crippen LogP contribution in [0.2, 0.25) is 0 Å². The predicted octanol–water partition coefficient (Wildman–Crippen LogP) is -1.64. The Hall–Kier alpha value is -3.02. The van der Waals surface area contributed by atoms with Crippen molar-refractivity contribution in [2.75, 3.05) is 6.54 Å².